The van der Waals surface area contributed by atoms with Gasteiger partial charge in [0.25, 0.3) is 0 Å². The number of ether oxygens (including phenoxy) is 1. The van der Waals surface area contributed by atoms with Crippen LogP contribution in [-0.2, 0) is 4.79 Å². The van der Waals surface area contributed by atoms with Crippen molar-refractivity contribution in [2.24, 2.45) is 5.92 Å². The van der Waals surface area contributed by atoms with Crippen LogP contribution in [0.5, 0.6) is 5.75 Å². The first kappa shape index (κ1) is 15.0. The van der Waals surface area contributed by atoms with Crippen LogP contribution < -0.4 is 10.5 Å². The highest BCUT2D eigenvalue weighted by molar-refractivity contribution is 8.00. The third-order valence-corrected chi connectivity index (χ3v) is 4.59. The lowest BCUT2D eigenvalue weighted by atomic mass is 10.0. The molecule has 0 radical (unpaired) electrons. The summed E-state index contributed by atoms with van der Waals surface area (Å²) in [6.07, 6.45) is 2.34. The number of rotatable bonds is 4. The molecular weight excluding hydrogens is 272 g/mol. The number of nitrogen functional groups attached to an aromatic ring is 1. The van der Waals surface area contributed by atoms with Gasteiger partial charge in [-0.2, -0.15) is 0 Å². The minimum atomic E-state index is 0.209. The van der Waals surface area contributed by atoms with E-state index >= 15 is 0 Å². The first-order valence-corrected chi connectivity index (χ1v) is 7.93. The number of carbonyl (C=O) groups excluding carboxylic acids is 1. The van der Waals surface area contributed by atoms with Crippen LogP contribution in [0.2, 0.25) is 0 Å². The lowest BCUT2D eigenvalue weighted by Gasteiger charge is -2.30. The Morgan fingerprint density at radius 3 is 3.05 bits per heavy atom. The molecule has 0 aliphatic carbocycles. The van der Waals surface area contributed by atoms with Crippen LogP contribution in [0.15, 0.2) is 23.1 Å². The Hall–Kier alpha value is -1.36. The maximum atomic E-state index is 12.2. The number of likely N-dealkylation sites (tertiary alicyclic amines) is 1. The Balaban J connectivity index is 1.93. The number of amides is 1. The van der Waals surface area contributed by atoms with Gasteiger partial charge in [-0.05, 0) is 30.9 Å². The van der Waals surface area contributed by atoms with E-state index in [2.05, 4.69) is 6.92 Å². The summed E-state index contributed by atoms with van der Waals surface area (Å²) in [7, 11) is 1.62. The lowest BCUT2D eigenvalue weighted by molar-refractivity contribution is -0.130. The van der Waals surface area contributed by atoms with Crippen LogP contribution in [0.4, 0.5) is 5.69 Å². The molecule has 1 fully saturated rings. The standard InChI is InChI=1S/C15H22N2O2S/c1-11-4-3-7-17(9-11)15(18)10-20-14-6-5-12(16)8-13(14)19-2/h5-6,8,11H,3-4,7,9-10,16H2,1-2H3. The first-order valence-electron chi connectivity index (χ1n) is 6.94. The van der Waals surface area contributed by atoms with E-state index in [1.165, 1.54) is 18.2 Å². The molecule has 1 aliphatic rings. The molecule has 0 aromatic heterocycles. The van der Waals surface area contributed by atoms with Gasteiger partial charge in [0.05, 0.1) is 12.9 Å². The van der Waals surface area contributed by atoms with Crippen molar-refractivity contribution in [3.63, 3.8) is 0 Å². The number of piperidine rings is 1. The number of anilines is 1. The predicted octanol–water partition coefficient (Wildman–Crippen LogP) is 2.63. The van der Waals surface area contributed by atoms with Crippen LogP contribution in [0.3, 0.4) is 0 Å². The molecule has 0 bridgehead atoms. The Morgan fingerprint density at radius 1 is 1.55 bits per heavy atom. The second-order valence-corrected chi connectivity index (χ2v) is 6.30. The summed E-state index contributed by atoms with van der Waals surface area (Å²) >= 11 is 1.51. The maximum Gasteiger partial charge on any atom is 0.232 e. The molecular formula is C15H22N2O2S. The summed E-state index contributed by atoms with van der Waals surface area (Å²) in [5.41, 5.74) is 6.40. The average Bonchev–Trinajstić information content (AvgIpc) is 2.45. The minimum Gasteiger partial charge on any atom is -0.496 e. The highest BCUT2D eigenvalue weighted by Gasteiger charge is 2.21. The van der Waals surface area contributed by atoms with Crippen molar-refractivity contribution < 1.29 is 9.53 Å². The number of thioether (sulfide) groups is 1. The second kappa shape index (κ2) is 6.88. The highest BCUT2D eigenvalue weighted by Crippen LogP contribution is 2.31. The fourth-order valence-electron chi connectivity index (χ4n) is 2.45. The zero-order valence-corrected chi connectivity index (χ0v) is 12.9. The SMILES string of the molecule is COc1cc(N)ccc1SCC(=O)N1CCCC(C)C1. The summed E-state index contributed by atoms with van der Waals surface area (Å²) in [5, 5.41) is 0. The van der Waals surface area contributed by atoms with E-state index in [0.717, 1.165) is 30.2 Å². The molecule has 1 atom stereocenters. The van der Waals surface area contributed by atoms with Crippen molar-refractivity contribution in [3.05, 3.63) is 18.2 Å². The lowest BCUT2D eigenvalue weighted by Crippen LogP contribution is -2.40. The van der Waals surface area contributed by atoms with E-state index in [0.29, 0.717) is 17.4 Å². The summed E-state index contributed by atoms with van der Waals surface area (Å²) in [6.45, 7) is 3.98. The molecule has 1 aromatic carbocycles. The number of hydrogen-bond donors (Lipinski definition) is 1. The van der Waals surface area contributed by atoms with Crippen LogP contribution in [0, 0.1) is 5.92 Å². The van der Waals surface area contributed by atoms with E-state index < -0.39 is 0 Å². The number of hydrogen-bond acceptors (Lipinski definition) is 4. The van der Waals surface area contributed by atoms with Crippen LogP contribution in [-0.4, -0.2) is 36.8 Å². The first-order chi connectivity index (χ1) is 9.60. The number of methoxy groups -OCH3 is 1. The minimum absolute atomic E-state index is 0.209. The second-order valence-electron chi connectivity index (χ2n) is 5.29. The normalized spacial score (nSPS) is 18.9. The molecule has 1 heterocycles. The Bertz CT molecular complexity index is 479. The van der Waals surface area contributed by atoms with Gasteiger partial charge < -0.3 is 15.4 Å². The average molecular weight is 294 g/mol. The molecule has 0 saturated carbocycles. The third kappa shape index (κ3) is 3.82. The van der Waals surface area contributed by atoms with Crippen molar-refractivity contribution >= 4 is 23.4 Å². The molecule has 20 heavy (non-hydrogen) atoms. The summed E-state index contributed by atoms with van der Waals surface area (Å²) < 4.78 is 5.30. The van der Waals surface area contributed by atoms with Gasteiger partial charge in [-0.25, -0.2) is 0 Å². The van der Waals surface area contributed by atoms with Gasteiger partial charge in [-0.1, -0.05) is 6.92 Å². The molecule has 1 unspecified atom stereocenters. The van der Waals surface area contributed by atoms with Gasteiger partial charge >= 0.3 is 0 Å². The topological polar surface area (TPSA) is 55.6 Å². The molecule has 1 aliphatic heterocycles. The summed E-state index contributed by atoms with van der Waals surface area (Å²) in [5.74, 6) is 2.01. The van der Waals surface area contributed by atoms with Crippen LogP contribution >= 0.6 is 11.8 Å². The van der Waals surface area contributed by atoms with E-state index in [-0.39, 0.29) is 5.91 Å². The number of nitrogens with two attached hydrogens (primary N) is 1. The zero-order chi connectivity index (χ0) is 14.5. The molecule has 110 valence electrons. The van der Waals surface area contributed by atoms with E-state index in [1.54, 1.807) is 13.2 Å². The number of nitrogens with zero attached hydrogens (tertiary/aromatic N) is 1. The summed E-state index contributed by atoms with van der Waals surface area (Å²) in [4.78, 5) is 15.2. The van der Waals surface area contributed by atoms with Crippen LogP contribution in [0.25, 0.3) is 0 Å². The van der Waals surface area contributed by atoms with Crippen molar-refractivity contribution in [3.8, 4) is 5.75 Å². The van der Waals surface area contributed by atoms with E-state index in [9.17, 15) is 4.79 Å². The molecule has 5 heteroatoms. The fraction of sp³-hybridized carbons (Fsp3) is 0.533. The quantitative estimate of drug-likeness (QED) is 0.685. The van der Waals surface area contributed by atoms with Gasteiger partial charge in [0.2, 0.25) is 5.91 Å². The van der Waals surface area contributed by atoms with Gasteiger partial charge in [0, 0.05) is 29.7 Å². The fourth-order valence-corrected chi connectivity index (χ4v) is 3.36. The molecule has 0 spiro atoms. The smallest absolute Gasteiger partial charge is 0.232 e. The van der Waals surface area contributed by atoms with Crippen LogP contribution in [0.1, 0.15) is 19.8 Å². The molecule has 2 N–H and O–H groups in total. The number of carbonyl (C=O) groups is 1. The Morgan fingerprint density at radius 2 is 2.35 bits per heavy atom. The summed E-state index contributed by atoms with van der Waals surface area (Å²) in [6, 6.07) is 5.53. The van der Waals surface area contributed by atoms with E-state index in [1.807, 2.05) is 17.0 Å². The largest absolute Gasteiger partial charge is 0.496 e. The molecule has 4 nitrogen and oxygen atoms in total. The number of benzene rings is 1. The van der Waals surface area contributed by atoms with E-state index in [4.69, 9.17) is 10.5 Å². The maximum absolute atomic E-state index is 12.2. The van der Waals surface area contributed by atoms with Crippen molar-refractivity contribution in [1.29, 1.82) is 0 Å². The monoisotopic (exact) mass is 294 g/mol. The van der Waals surface area contributed by atoms with Gasteiger partial charge in [-0.15, -0.1) is 11.8 Å². The predicted molar refractivity (Wildman–Crippen MR) is 83.1 cm³/mol. The molecule has 2 rings (SSSR count). The Kier molecular flexibility index (Phi) is 5.17. The van der Waals surface area contributed by atoms with Crippen molar-refractivity contribution in [2.45, 2.75) is 24.7 Å². The Labute approximate surface area is 124 Å². The molecule has 1 saturated heterocycles. The zero-order valence-electron chi connectivity index (χ0n) is 12.1. The van der Waals surface area contributed by atoms with Crippen molar-refractivity contribution in [1.82, 2.24) is 4.90 Å². The van der Waals surface area contributed by atoms with Gasteiger partial charge in [-0.3, -0.25) is 4.79 Å². The molecule has 1 aromatic rings. The van der Waals surface area contributed by atoms with Crippen molar-refractivity contribution in [2.75, 3.05) is 31.7 Å². The highest BCUT2D eigenvalue weighted by atomic mass is 32.2. The van der Waals surface area contributed by atoms with Gasteiger partial charge in [0.15, 0.2) is 0 Å². The molecule has 1 amide bonds. The van der Waals surface area contributed by atoms with Gasteiger partial charge in [0.1, 0.15) is 5.75 Å². The third-order valence-electron chi connectivity index (χ3n) is 3.55.